The number of anilines is 1. The number of carbonyl (C=O) groups excluding carboxylic acids is 4. The smallest absolute Gasteiger partial charge is 0.327 e. The van der Waals surface area contributed by atoms with E-state index in [0.29, 0.717) is 18.5 Å². The largest absolute Gasteiger partial charge is 0.451 e. The number of benzene rings is 1. The zero-order valence-corrected chi connectivity index (χ0v) is 18.8. The maximum atomic E-state index is 13.1. The van der Waals surface area contributed by atoms with Gasteiger partial charge in [0.05, 0.1) is 0 Å². The fourth-order valence-electron chi connectivity index (χ4n) is 5.03. The Morgan fingerprint density at radius 1 is 1.29 bits per heavy atom. The number of aryl methyl sites for hydroxylation is 1. The standard InChI is InChI=1S/C23H31N3O5/c1-14-7-6-8-17(9-14)24-19(28)16(3)31-18(27)12-26-20(29)23(25-21(26)30)11-15(2)10-22(4,5)13-23/h6-9,15-16H,10-13H2,1-5H3,(H,24,28)(H,25,30)/t15-,16-,23-/m1/s1. The fraction of sp³-hybridized carbons (Fsp3) is 0.565. The van der Waals surface area contributed by atoms with Gasteiger partial charge in [-0.1, -0.05) is 32.9 Å². The molecule has 2 fully saturated rings. The van der Waals surface area contributed by atoms with Crippen molar-refractivity contribution in [1.82, 2.24) is 10.2 Å². The average molecular weight is 430 g/mol. The Hall–Kier alpha value is -2.90. The topological polar surface area (TPSA) is 105 Å². The van der Waals surface area contributed by atoms with Crippen LogP contribution in [-0.2, 0) is 19.1 Å². The van der Waals surface area contributed by atoms with Crippen LogP contribution in [-0.4, -0.2) is 46.9 Å². The summed E-state index contributed by atoms with van der Waals surface area (Å²) < 4.78 is 5.19. The first-order chi connectivity index (χ1) is 14.4. The summed E-state index contributed by atoms with van der Waals surface area (Å²) in [5, 5.41) is 5.51. The van der Waals surface area contributed by atoms with Gasteiger partial charge in [0.2, 0.25) is 0 Å². The highest BCUT2D eigenvalue weighted by atomic mass is 16.5. The minimum absolute atomic E-state index is 0.0977. The second kappa shape index (κ2) is 8.32. The maximum absolute atomic E-state index is 13.1. The predicted molar refractivity (Wildman–Crippen MR) is 115 cm³/mol. The molecule has 2 aliphatic rings. The van der Waals surface area contributed by atoms with Crippen LogP contribution in [0.3, 0.4) is 0 Å². The molecule has 1 saturated heterocycles. The Labute approximate surface area is 182 Å². The lowest BCUT2D eigenvalue weighted by molar-refractivity contribution is -0.155. The number of nitrogens with zero attached hydrogens (tertiary/aromatic N) is 1. The molecular formula is C23H31N3O5. The second-order valence-electron chi connectivity index (χ2n) is 9.75. The third kappa shape index (κ3) is 5.06. The molecule has 8 heteroatoms. The molecule has 0 bridgehead atoms. The minimum atomic E-state index is -1.07. The van der Waals surface area contributed by atoms with Crippen LogP contribution in [0.2, 0.25) is 0 Å². The van der Waals surface area contributed by atoms with E-state index < -0.39 is 42.0 Å². The highest BCUT2D eigenvalue weighted by molar-refractivity contribution is 6.09. The molecule has 2 N–H and O–H groups in total. The summed E-state index contributed by atoms with van der Waals surface area (Å²) in [7, 11) is 0. The van der Waals surface area contributed by atoms with Crippen LogP contribution < -0.4 is 10.6 Å². The Bertz CT molecular complexity index is 912. The summed E-state index contributed by atoms with van der Waals surface area (Å²) in [4.78, 5) is 51.3. The molecule has 0 unspecified atom stereocenters. The van der Waals surface area contributed by atoms with Crippen molar-refractivity contribution in [2.45, 2.75) is 65.5 Å². The average Bonchev–Trinajstić information content (AvgIpc) is 2.83. The summed E-state index contributed by atoms with van der Waals surface area (Å²) in [6.45, 7) is 9.04. The monoisotopic (exact) mass is 429 g/mol. The number of amides is 4. The van der Waals surface area contributed by atoms with Crippen LogP contribution >= 0.6 is 0 Å². The number of hydrogen-bond donors (Lipinski definition) is 2. The van der Waals surface area contributed by atoms with E-state index in [1.165, 1.54) is 6.92 Å². The van der Waals surface area contributed by atoms with E-state index in [-0.39, 0.29) is 11.3 Å². The molecule has 1 saturated carbocycles. The molecule has 1 aliphatic heterocycles. The van der Waals surface area contributed by atoms with Crippen LogP contribution in [0.15, 0.2) is 24.3 Å². The Kier molecular flexibility index (Phi) is 6.11. The molecule has 3 rings (SSSR count). The van der Waals surface area contributed by atoms with Gasteiger partial charge in [-0.25, -0.2) is 4.79 Å². The van der Waals surface area contributed by atoms with E-state index in [1.807, 2.05) is 19.1 Å². The van der Waals surface area contributed by atoms with Crippen LogP contribution in [0, 0.1) is 18.3 Å². The summed E-state index contributed by atoms with van der Waals surface area (Å²) in [6.07, 6.45) is 0.960. The molecular weight excluding hydrogens is 398 g/mol. The molecule has 31 heavy (non-hydrogen) atoms. The number of imide groups is 1. The van der Waals surface area contributed by atoms with Crippen molar-refractivity contribution in [3.05, 3.63) is 29.8 Å². The fourth-order valence-corrected chi connectivity index (χ4v) is 5.03. The van der Waals surface area contributed by atoms with Gasteiger partial charge in [-0.3, -0.25) is 19.3 Å². The van der Waals surface area contributed by atoms with Gasteiger partial charge in [-0.15, -0.1) is 0 Å². The number of rotatable bonds is 5. The molecule has 1 aromatic carbocycles. The quantitative estimate of drug-likeness (QED) is 0.553. The van der Waals surface area contributed by atoms with Crippen molar-refractivity contribution in [3.63, 3.8) is 0 Å². The molecule has 0 aromatic heterocycles. The van der Waals surface area contributed by atoms with Gasteiger partial charge in [-0.2, -0.15) is 0 Å². The lowest BCUT2D eigenvalue weighted by Crippen LogP contribution is -2.54. The minimum Gasteiger partial charge on any atom is -0.451 e. The molecule has 1 aromatic rings. The van der Waals surface area contributed by atoms with Crippen molar-refractivity contribution in [2.75, 3.05) is 11.9 Å². The molecule has 8 nitrogen and oxygen atoms in total. The van der Waals surface area contributed by atoms with Gasteiger partial charge in [-0.05, 0) is 62.1 Å². The predicted octanol–water partition coefficient (Wildman–Crippen LogP) is 3.00. The third-order valence-corrected chi connectivity index (χ3v) is 5.87. The SMILES string of the molecule is Cc1cccc(NC(=O)[C@@H](C)OC(=O)CN2C(=O)N[C@@]3(C[C@H](C)CC(C)(C)C3)C2=O)c1. The Balaban J connectivity index is 1.60. The van der Waals surface area contributed by atoms with Gasteiger partial charge in [0.15, 0.2) is 6.10 Å². The number of urea groups is 1. The summed E-state index contributed by atoms with van der Waals surface area (Å²) >= 11 is 0. The third-order valence-electron chi connectivity index (χ3n) is 5.87. The first-order valence-electron chi connectivity index (χ1n) is 10.6. The van der Waals surface area contributed by atoms with Crippen LogP contribution in [0.5, 0.6) is 0 Å². The Morgan fingerprint density at radius 2 is 2.00 bits per heavy atom. The van der Waals surface area contributed by atoms with Crippen molar-refractivity contribution in [2.24, 2.45) is 11.3 Å². The van der Waals surface area contributed by atoms with Gasteiger partial charge in [0.25, 0.3) is 11.8 Å². The van der Waals surface area contributed by atoms with Crippen molar-refractivity contribution in [3.8, 4) is 0 Å². The molecule has 168 valence electrons. The zero-order valence-electron chi connectivity index (χ0n) is 18.8. The Morgan fingerprint density at radius 3 is 2.65 bits per heavy atom. The first-order valence-corrected chi connectivity index (χ1v) is 10.6. The first kappa shape index (κ1) is 22.8. The van der Waals surface area contributed by atoms with Gasteiger partial charge in [0.1, 0.15) is 12.1 Å². The molecule has 1 heterocycles. The highest BCUT2D eigenvalue weighted by Gasteiger charge is 2.56. The maximum Gasteiger partial charge on any atom is 0.327 e. The number of hydrogen-bond acceptors (Lipinski definition) is 5. The number of nitrogens with one attached hydrogen (secondary N) is 2. The normalized spacial score (nSPS) is 25.8. The van der Waals surface area contributed by atoms with Crippen LogP contribution in [0.25, 0.3) is 0 Å². The summed E-state index contributed by atoms with van der Waals surface area (Å²) in [6, 6.07) is 6.65. The van der Waals surface area contributed by atoms with Gasteiger partial charge in [0, 0.05) is 5.69 Å². The van der Waals surface area contributed by atoms with E-state index in [0.717, 1.165) is 16.9 Å². The van der Waals surface area contributed by atoms with E-state index in [1.54, 1.807) is 12.1 Å². The lowest BCUT2D eigenvalue weighted by atomic mass is 9.64. The van der Waals surface area contributed by atoms with Gasteiger partial charge < -0.3 is 15.4 Å². The highest BCUT2D eigenvalue weighted by Crippen LogP contribution is 2.46. The van der Waals surface area contributed by atoms with Crippen LogP contribution in [0.4, 0.5) is 10.5 Å². The molecule has 1 aliphatic carbocycles. The number of ether oxygens (including phenoxy) is 1. The molecule has 4 amide bonds. The molecule has 0 radical (unpaired) electrons. The second-order valence-corrected chi connectivity index (χ2v) is 9.75. The van der Waals surface area contributed by atoms with Crippen molar-refractivity contribution >= 4 is 29.5 Å². The van der Waals surface area contributed by atoms with Crippen molar-refractivity contribution in [1.29, 1.82) is 0 Å². The molecule has 1 spiro atoms. The van der Waals surface area contributed by atoms with Crippen LogP contribution in [0.1, 0.15) is 52.5 Å². The van der Waals surface area contributed by atoms with E-state index in [9.17, 15) is 19.2 Å². The van der Waals surface area contributed by atoms with E-state index in [4.69, 9.17) is 4.74 Å². The number of esters is 1. The van der Waals surface area contributed by atoms with E-state index in [2.05, 4.69) is 31.4 Å². The lowest BCUT2D eigenvalue weighted by Gasteiger charge is -2.43. The van der Waals surface area contributed by atoms with Gasteiger partial charge >= 0.3 is 12.0 Å². The number of carbonyl (C=O) groups is 4. The van der Waals surface area contributed by atoms with Crippen molar-refractivity contribution < 1.29 is 23.9 Å². The molecule has 3 atom stereocenters. The summed E-state index contributed by atoms with van der Waals surface area (Å²) in [5.41, 5.74) is 0.500. The summed E-state index contributed by atoms with van der Waals surface area (Å²) in [5.74, 6) is -1.43. The van der Waals surface area contributed by atoms with E-state index >= 15 is 0 Å². The zero-order chi connectivity index (χ0) is 23.0.